The van der Waals surface area contributed by atoms with Gasteiger partial charge in [-0.25, -0.2) is 8.78 Å². The molecule has 5 rings (SSSR count). The van der Waals surface area contributed by atoms with Crippen LogP contribution in [0.5, 0.6) is 5.75 Å². The Labute approximate surface area is 229 Å². The van der Waals surface area contributed by atoms with Crippen molar-refractivity contribution in [3.05, 3.63) is 72.8 Å². The van der Waals surface area contributed by atoms with Crippen LogP contribution >= 0.6 is 0 Å². The van der Waals surface area contributed by atoms with Crippen molar-refractivity contribution < 1.29 is 41.1 Å². The zero-order valence-corrected chi connectivity index (χ0v) is 21.3. The van der Waals surface area contributed by atoms with Gasteiger partial charge in [-0.3, -0.25) is 19.1 Å². The van der Waals surface area contributed by atoms with Crippen LogP contribution in [0, 0.1) is 0 Å². The van der Waals surface area contributed by atoms with Gasteiger partial charge in [0.15, 0.2) is 11.7 Å². The fourth-order valence-electron chi connectivity index (χ4n) is 4.79. The Balaban J connectivity index is 1.47. The van der Waals surface area contributed by atoms with Gasteiger partial charge in [0.25, 0.3) is 17.7 Å². The smallest absolute Gasteiger partial charge is 0.406 e. The molecule has 2 fully saturated rings. The minimum atomic E-state index is -4.86. The molecular formula is C27H22F5N5O4. The summed E-state index contributed by atoms with van der Waals surface area (Å²) in [6.07, 6.45) is -4.86. The molecule has 3 aromatic rings. The molecule has 3 heterocycles. The molecule has 0 saturated carbocycles. The second-order valence-electron chi connectivity index (χ2n) is 9.62. The number of aromatic nitrogens is 2. The Morgan fingerprint density at radius 3 is 2.05 bits per heavy atom. The molecule has 0 atom stereocenters. The number of ether oxygens (including phenoxy) is 1. The van der Waals surface area contributed by atoms with E-state index in [1.54, 1.807) is 18.2 Å². The van der Waals surface area contributed by atoms with Crippen molar-refractivity contribution in [1.82, 2.24) is 24.9 Å². The number of carbonyl (C=O) groups excluding carboxylic acids is 3. The number of rotatable bonds is 7. The molecule has 9 nitrogen and oxygen atoms in total. The molecule has 0 radical (unpaired) electrons. The zero-order valence-electron chi connectivity index (χ0n) is 21.3. The summed E-state index contributed by atoms with van der Waals surface area (Å²) in [5.74, 6) is -4.85. The largest absolute Gasteiger partial charge is 0.573 e. The number of fused-ring (bicyclic) bond motifs is 1. The minimum absolute atomic E-state index is 0.0825. The second kappa shape index (κ2) is 10.3. The SMILES string of the molecule is C=C(F)C(=O)N1CC(NC(=O)c2cccc3c(-c4ccc(OC(F)(F)F)cc4)nn(C4CN(C(=O)C(=C)F)C4)c23)C1. The number of carbonyl (C=O) groups is 3. The lowest BCUT2D eigenvalue weighted by molar-refractivity contribution is -0.274. The Morgan fingerprint density at radius 2 is 1.49 bits per heavy atom. The molecule has 14 heteroatoms. The van der Waals surface area contributed by atoms with E-state index >= 15 is 0 Å². The van der Waals surface area contributed by atoms with Crippen molar-refractivity contribution in [2.75, 3.05) is 26.2 Å². The van der Waals surface area contributed by atoms with Crippen LogP contribution in [-0.4, -0.2) is 75.9 Å². The van der Waals surface area contributed by atoms with Crippen LogP contribution < -0.4 is 10.1 Å². The van der Waals surface area contributed by atoms with Crippen LogP contribution in [0.1, 0.15) is 16.4 Å². The Bertz CT molecular complexity index is 1570. The molecule has 0 aliphatic carbocycles. The third-order valence-corrected chi connectivity index (χ3v) is 6.80. The van der Waals surface area contributed by atoms with Crippen molar-refractivity contribution in [3.63, 3.8) is 0 Å². The van der Waals surface area contributed by atoms with Gasteiger partial charge in [0.1, 0.15) is 11.4 Å². The highest BCUT2D eigenvalue weighted by molar-refractivity contribution is 6.09. The van der Waals surface area contributed by atoms with E-state index in [9.17, 15) is 36.3 Å². The molecule has 2 aromatic carbocycles. The molecule has 1 aromatic heterocycles. The van der Waals surface area contributed by atoms with Crippen molar-refractivity contribution in [2.45, 2.75) is 18.4 Å². The number of para-hydroxylation sites is 1. The molecule has 0 bridgehead atoms. The summed E-state index contributed by atoms with van der Waals surface area (Å²) in [7, 11) is 0. The van der Waals surface area contributed by atoms with Gasteiger partial charge in [0.05, 0.1) is 23.2 Å². The fraction of sp³-hybridized carbons (Fsp3) is 0.259. The van der Waals surface area contributed by atoms with E-state index in [0.29, 0.717) is 22.2 Å². The average Bonchev–Trinajstić information content (AvgIpc) is 3.23. The second-order valence-corrected chi connectivity index (χ2v) is 9.62. The van der Waals surface area contributed by atoms with Crippen molar-refractivity contribution in [3.8, 4) is 17.0 Å². The molecule has 3 amide bonds. The molecular weight excluding hydrogens is 553 g/mol. The van der Waals surface area contributed by atoms with Gasteiger partial charge in [0.2, 0.25) is 0 Å². The molecule has 214 valence electrons. The summed E-state index contributed by atoms with van der Waals surface area (Å²) in [5, 5.41) is 7.95. The first-order chi connectivity index (χ1) is 19.3. The Kier molecular flexibility index (Phi) is 7.01. The monoisotopic (exact) mass is 575 g/mol. The van der Waals surface area contributed by atoms with Crippen LogP contribution in [0.2, 0.25) is 0 Å². The van der Waals surface area contributed by atoms with Crippen LogP contribution in [0.4, 0.5) is 22.0 Å². The molecule has 0 spiro atoms. The molecule has 2 saturated heterocycles. The van der Waals surface area contributed by atoms with E-state index in [0.717, 1.165) is 12.1 Å². The average molecular weight is 575 g/mol. The Morgan fingerprint density at radius 1 is 0.902 bits per heavy atom. The van der Waals surface area contributed by atoms with E-state index in [1.165, 1.54) is 26.6 Å². The lowest BCUT2D eigenvalue weighted by Gasteiger charge is -2.39. The van der Waals surface area contributed by atoms with Gasteiger partial charge in [-0.15, -0.1) is 13.2 Å². The van der Waals surface area contributed by atoms with E-state index in [1.807, 2.05) is 0 Å². The van der Waals surface area contributed by atoms with Gasteiger partial charge in [0, 0.05) is 37.1 Å². The maximum Gasteiger partial charge on any atom is 0.573 e. The number of hydrogen-bond donors (Lipinski definition) is 1. The first-order valence-electron chi connectivity index (χ1n) is 12.3. The number of benzene rings is 2. The molecule has 2 aliphatic rings. The molecule has 41 heavy (non-hydrogen) atoms. The summed E-state index contributed by atoms with van der Waals surface area (Å²) in [6, 6.07) is 9.02. The number of amides is 3. The summed E-state index contributed by atoms with van der Waals surface area (Å²) in [5.41, 5.74) is 1.38. The maximum absolute atomic E-state index is 13.4. The number of nitrogens with zero attached hydrogens (tertiary/aromatic N) is 4. The van der Waals surface area contributed by atoms with Gasteiger partial charge < -0.3 is 19.9 Å². The minimum Gasteiger partial charge on any atom is -0.406 e. The van der Waals surface area contributed by atoms with Crippen LogP contribution in [0.3, 0.4) is 0 Å². The summed E-state index contributed by atoms with van der Waals surface area (Å²) < 4.78 is 69.8. The predicted molar refractivity (Wildman–Crippen MR) is 136 cm³/mol. The summed E-state index contributed by atoms with van der Waals surface area (Å²) in [6.45, 7) is 6.34. The number of alkyl halides is 3. The Hall–Kier alpha value is -4.75. The number of nitrogens with one attached hydrogen (secondary N) is 1. The normalized spacial score (nSPS) is 15.7. The topological polar surface area (TPSA) is 96.8 Å². The van der Waals surface area contributed by atoms with Crippen molar-refractivity contribution >= 4 is 28.6 Å². The van der Waals surface area contributed by atoms with Crippen molar-refractivity contribution in [1.29, 1.82) is 0 Å². The first-order valence-corrected chi connectivity index (χ1v) is 12.3. The first kappa shape index (κ1) is 27.8. The van der Waals surface area contributed by atoms with Crippen LogP contribution in [0.15, 0.2) is 67.3 Å². The quantitative estimate of drug-likeness (QED) is 0.341. The molecule has 1 N–H and O–H groups in total. The van der Waals surface area contributed by atoms with Crippen LogP contribution in [0.25, 0.3) is 22.2 Å². The van der Waals surface area contributed by atoms with Crippen LogP contribution in [-0.2, 0) is 9.59 Å². The van der Waals surface area contributed by atoms with E-state index in [2.05, 4.69) is 28.3 Å². The third kappa shape index (κ3) is 5.49. The maximum atomic E-state index is 13.4. The zero-order chi connectivity index (χ0) is 29.6. The van der Waals surface area contributed by atoms with Gasteiger partial charge in [-0.1, -0.05) is 25.3 Å². The highest BCUT2D eigenvalue weighted by Gasteiger charge is 2.37. The summed E-state index contributed by atoms with van der Waals surface area (Å²) >= 11 is 0. The number of hydrogen-bond acceptors (Lipinski definition) is 5. The fourth-order valence-corrected chi connectivity index (χ4v) is 4.79. The molecule has 0 unspecified atom stereocenters. The predicted octanol–water partition coefficient (Wildman–Crippen LogP) is 3.89. The van der Waals surface area contributed by atoms with Gasteiger partial charge in [-0.05, 0) is 30.3 Å². The third-order valence-electron chi connectivity index (χ3n) is 6.80. The number of likely N-dealkylation sites (tertiary alicyclic amines) is 2. The highest BCUT2D eigenvalue weighted by Crippen LogP contribution is 2.36. The summed E-state index contributed by atoms with van der Waals surface area (Å²) in [4.78, 5) is 39.5. The number of halogens is 5. The van der Waals surface area contributed by atoms with Gasteiger partial charge >= 0.3 is 6.36 Å². The molecule has 2 aliphatic heterocycles. The standard InChI is InChI=1S/C27H22F5N5O4/c1-14(28)25(39)35-10-17(11-35)33-24(38)21-5-3-4-20-22(16-6-8-19(9-7-16)41-27(30,31)32)34-37(23(20)21)18-12-36(13-18)26(40)15(2)29/h3-9,17-18H,1-2,10-13H2,(H,33,38). The highest BCUT2D eigenvalue weighted by atomic mass is 19.4. The van der Waals surface area contributed by atoms with Crippen molar-refractivity contribution in [2.24, 2.45) is 0 Å². The van der Waals surface area contributed by atoms with E-state index in [-0.39, 0.29) is 31.7 Å². The van der Waals surface area contributed by atoms with Gasteiger partial charge in [-0.2, -0.15) is 5.10 Å². The lowest BCUT2D eigenvalue weighted by atomic mass is 10.0. The lowest BCUT2D eigenvalue weighted by Crippen LogP contribution is -2.61. The van der Waals surface area contributed by atoms with E-state index < -0.39 is 53.6 Å². The van der Waals surface area contributed by atoms with E-state index in [4.69, 9.17) is 0 Å².